The third kappa shape index (κ3) is 3.84. The smallest absolute Gasteiger partial charge is 0.388 e. The molecule has 1 saturated heterocycles. The standard InChI is InChI=1S/C16H18F2N4O4S/c17-16(18)26-15-12-2-1-3-13(11(12)4-5-20-15)27(24,25)22-8-6-21(7-9-22)14(23)10-19/h1-5,16H,6-10,19H2. The number of alkyl halides is 2. The molecule has 0 bridgehead atoms. The first kappa shape index (κ1) is 19.4. The highest BCUT2D eigenvalue weighted by molar-refractivity contribution is 7.89. The van der Waals surface area contributed by atoms with Crippen molar-refractivity contribution < 1.29 is 26.7 Å². The number of carbonyl (C=O) groups is 1. The number of hydrogen-bond acceptors (Lipinski definition) is 6. The number of carbonyl (C=O) groups excluding carboxylic acids is 1. The van der Waals surface area contributed by atoms with Crippen molar-refractivity contribution in [1.29, 1.82) is 0 Å². The number of aromatic nitrogens is 1. The van der Waals surface area contributed by atoms with Gasteiger partial charge in [-0.15, -0.1) is 0 Å². The molecule has 1 aromatic heterocycles. The third-order valence-corrected chi connectivity index (χ3v) is 6.27. The molecule has 2 N–H and O–H groups in total. The van der Waals surface area contributed by atoms with Gasteiger partial charge in [-0.2, -0.15) is 13.1 Å². The topological polar surface area (TPSA) is 106 Å². The molecule has 11 heteroatoms. The van der Waals surface area contributed by atoms with Crippen molar-refractivity contribution in [2.75, 3.05) is 32.7 Å². The van der Waals surface area contributed by atoms with Gasteiger partial charge in [-0.25, -0.2) is 13.4 Å². The summed E-state index contributed by atoms with van der Waals surface area (Å²) in [7, 11) is -3.90. The molecule has 0 atom stereocenters. The number of ether oxygens (including phenoxy) is 1. The van der Waals surface area contributed by atoms with Crippen LogP contribution in [-0.4, -0.2) is 67.8 Å². The van der Waals surface area contributed by atoms with Gasteiger partial charge in [0.25, 0.3) is 0 Å². The molecule has 27 heavy (non-hydrogen) atoms. The Kier molecular flexibility index (Phi) is 5.53. The molecule has 2 heterocycles. The molecule has 0 saturated carbocycles. The maximum absolute atomic E-state index is 13.1. The Bertz CT molecular complexity index is 947. The summed E-state index contributed by atoms with van der Waals surface area (Å²) >= 11 is 0. The number of sulfonamides is 1. The van der Waals surface area contributed by atoms with Crippen molar-refractivity contribution in [2.24, 2.45) is 5.73 Å². The van der Waals surface area contributed by atoms with Gasteiger partial charge in [-0.05, 0) is 18.2 Å². The molecule has 3 rings (SSSR count). The number of hydrogen-bond donors (Lipinski definition) is 1. The molecular weight excluding hydrogens is 382 g/mol. The van der Waals surface area contributed by atoms with Crippen LogP contribution in [0.15, 0.2) is 35.4 Å². The lowest BCUT2D eigenvalue weighted by molar-refractivity contribution is -0.130. The van der Waals surface area contributed by atoms with Gasteiger partial charge in [0.05, 0.1) is 11.4 Å². The van der Waals surface area contributed by atoms with Gasteiger partial charge < -0.3 is 15.4 Å². The van der Waals surface area contributed by atoms with E-state index < -0.39 is 16.6 Å². The lowest BCUT2D eigenvalue weighted by atomic mass is 10.2. The van der Waals surface area contributed by atoms with Crippen molar-refractivity contribution in [3.8, 4) is 5.88 Å². The molecule has 1 aliphatic rings. The maximum atomic E-state index is 13.1. The number of nitrogens with two attached hydrogens (primary N) is 1. The third-order valence-electron chi connectivity index (χ3n) is 4.31. The average molecular weight is 400 g/mol. The Morgan fingerprint density at radius 3 is 2.52 bits per heavy atom. The number of amides is 1. The van der Waals surface area contributed by atoms with Crippen LogP contribution in [0.4, 0.5) is 8.78 Å². The molecular formula is C16H18F2N4O4S. The zero-order chi connectivity index (χ0) is 19.6. The Labute approximate surface area is 154 Å². The predicted molar refractivity (Wildman–Crippen MR) is 92.8 cm³/mol. The molecule has 146 valence electrons. The molecule has 1 fully saturated rings. The fraction of sp³-hybridized carbons (Fsp3) is 0.375. The van der Waals surface area contributed by atoms with Gasteiger partial charge >= 0.3 is 6.61 Å². The van der Waals surface area contributed by atoms with Crippen LogP contribution >= 0.6 is 0 Å². The number of benzene rings is 1. The van der Waals surface area contributed by atoms with E-state index in [0.29, 0.717) is 0 Å². The van der Waals surface area contributed by atoms with Crippen molar-refractivity contribution in [3.05, 3.63) is 30.5 Å². The Morgan fingerprint density at radius 1 is 1.19 bits per heavy atom. The van der Waals surface area contributed by atoms with Crippen molar-refractivity contribution in [3.63, 3.8) is 0 Å². The highest BCUT2D eigenvalue weighted by Gasteiger charge is 2.31. The monoisotopic (exact) mass is 400 g/mol. The maximum Gasteiger partial charge on any atom is 0.388 e. The Morgan fingerprint density at radius 2 is 1.89 bits per heavy atom. The SMILES string of the molecule is NCC(=O)N1CCN(S(=O)(=O)c2cccc3c(OC(F)F)nccc23)CC1. The van der Waals surface area contributed by atoms with E-state index in [1.807, 2.05) is 0 Å². The van der Waals surface area contributed by atoms with E-state index in [9.17, 15) is 22.0 Å². The zero-order valence-electron chi connectivity index (χ0n) is 14.2. The van der Waals surface area contributed by atoms with Crippen molar-refractivity contribution in [1.82, 2.24) is 14.2 Å². The van der Waals surface area contributed by atoms with E-state index in [2.05, 4.69) is 9.72 Å². The Balaban J connectivity index is 1.94. The minimum Gasteiger partial charge on any atom is -0.416 e. The van der Waals surface area contributed by atoms with E-state index in [0.717, 1.165) is 0 Å². The highest BCUT2D eigenvalue weighted by atomic mass is 32.2. The molecule has 1 aromatic carbocycles. The summed E-state index contributed by atoms with van der Waals surface area (Å²) in [4.78, 5) is 16.9. The number of rotatable bonds is 5. The van der Waals surface area contributed by atoms with E-state index in [1.54, 1.807) is 0 Å². The number of halogens is 2. The first-order chi connectivity index (χ1) is 12.8. The molecule has 0 aliphatic carbocycles. The second-order valence-corrected chi connectivity index (χ2v) is 7.74. The molecule has 0 unspecified atom stereocenters. The first-order valence-electron chi connectivity index (χ1n) is 8.15. The second kappa shape index (κ2) is 7.71. The quantitative estimate of drug-likeness (QED) is 0.789. The van der Waals surface area contributed by atoms with Crippen LogP contribution in [0.1, 0.15) is 0 Å². The van der Waals surface area contributed by atoms with E-state index >= 15 is 0 Å². The fourth-order valence-electron chi connectivity index (χ4n) is 3.00. The highest BCUT2D eigenvalue weighted by Crippen LogP contribution is 2.31. The molecule has 1 aliphatic heterocycles. The van der Waals surface area contributed by atoms with E-state index in [1.165, 1.54) is 39.7 Å². The van der Waals surface area contributed by atoms with Crippen LogP contribution in [0.5, 0.6) is 5.88 Å². The summed E-state index contributed by atoms with van der Waals surface area (Å²) in [6.45, 7) is -2.48. The predicted octanol–water partition coefficient (Wildman–Crippen LogP) is 0.628. The minimum absolute atomic E-state index is 0.0277. The van der Waals surface area contributed by atoms with Crippen molar-refractivity contribution in [2.45, 2.75) is 11.5 Å². The van der Waals surface area contributed by atoms with Gasteiger partial charge in [0, 0.05) is 43.1 Å². The number of pyridine rings is 1. The molecule has 8 nitrogen and oxygen atoms in total. The normalized spacial score (nSPS) is 16.1. The zero-order valence-corrected chi connectivity index (χ0v) is 15.0. The fourth-order valence-corrected chi connectivity index (χ4v) is 4.63. The summed E-state index contributed by atoms with van der Waals surface area (Å²) in [5.74, 6) is -0.574. The first-order valence-corrected chi connectivity index (χ1v) is 9.59. The second-order valence-electron chi connectivity index (χ2n) is 5.83. The summed E-state index contributed by atoms with van der Waals surface area (Å²) < 4.78 is 56.9. The van der Waals surface area contributed by atoms with Gasteiger partial charge in [0.15, 0.2) is 0 Å². The Hall–Kier alpha value is -2.37. The number of nitrogens with zero attached hydrogens (tertiary/aromatic N) is 3. The van der Waals surface area contributed by atoms with Crippen LogP contribution < -0.4 is 10.5 Å². The number of piperazine rings is 1. The van der Waals surface area contributed by atoms with Crippen molar-refractivity contribution >= 4 is 26.7 Å². The molecule has 2 aromatic rings. The van der Waals surface area contributed by atoms with Crippen LogP contribution in [0.2, 0.25) is 0 Å². The van der Waals surface area contributed by atoms with E-state index in [4.69, 9.17) is 5.73 Å². The van der Waals surface area contributed by atoms with Crippen LogP contribution in [0.25, 0.3) is 10.8 Å². The lowest BCUT2D eigenvalue weighted by Gasteiger charge is -2.34. The largest absolute Gasteiger partial charge is 0.416 e. The van der Waals surface area contributed by atoms with Crippen LogP contribution in [0.3, 0.4) is 0 Å². The molecule has 0 spiro atoms. The van der Waals surface area contributed by atoms with Gasteiger partial charge in [0.1, 0.15) is 0 Å². The van der Waals surface area contributed by atoms with E-state index in [-0.39, 0.29) is 60.2 Å². The number of fused-ring (bicyclic) bond motifs is 1. The summed E-state index contributed by atoms with van der Waals surface area (Å²) in [6, 6.07) is 5.76. The summed E-state index contributed by atoms with van der Waals surface area (Å²) in [5.41, 5.74) is 5.33. The van der Waals surface area contributed by atoms with Gasteiger partial charge in [0.2, 0.25) is 21.8 Å². The summed E-state index contributed by atoms with van der Waals surface area (Å²) in [6.07, 6.45) is 1.22. The molecule has 0 radical (unpaired) electrons. The lowest BCUT2D eigenvalue weighted by Crippen LogP contribution is -2.51. The summed E-state index contributed by atoms with van der Waals surface area (Å²) in [5, 5.41) is 0.416. The van der Waals surface area contributed by atoms with Gasteiger partial charge in [-0.1, -0.05) is 6.07 Å². The van der Waals surface area contributed by atoms with Gasteiger partial charge in [-0.3, -0.25) is 4.79 Å². The van der Waals surface area contributed by atoms with Crippen LogP contribution in [0, 0.1) is 0 Å². The average Bonchev–Trinajstić information content (AvgIpc) is 2.67. The minimum atomic E-state index is -3.90. The van der Waals surface area contributed by atoms with Crippen LogP contribution in [-0.2, 0) is 14.8 Å². The molecule has 1 amide bonds.